The molecule has 0 atom stereocenters. The summed E-state index contributed by atoms with van der Waals surface area (Å²) in [6.07, 6.45) is 2.63. The molecule has 21 heavy (non-hydrogen) atoms. The first-order valence-electron chi connectivity index (χ1n) is 6.89. The third kappa shape index (κ3) is 4.71. The molecule has 0 unspecified atom stereocenters. The Hall–Kier alpha value is -2.15. The van der Waals surface area contributed by atoms with E-state index in [4.69, 9.17) is 4.74 Å². The summed E-state index contributed by atoms with van der Waals surface area (Å²) in [4.78, 5) is 21.9. The highest BCUT2D eigenvalue weighted by molar-refractivity contribution is 5.77. The summed E-state index contributed by atoms with van der Waals surface area (Å²) in [6.45, 7) is -0.180. The predicted molar refractivity (Wildman–Crippen MR) is 75.0 cm³/mol. The van der Waals surface area contributed by atoms with Gasteiger partial charge in [-0.15, -0.1) is 0 Å². The van der Waals surface area contributed by atoms with Gasteiger partial charge in [0.05, 0.1) is 17.1 Å². The van der Waals surface area contributed by atoms with Gasteiger partial charge >= 0.3 is 0 Å². The van der Waals surface area contributed by atoms with Gasteiger partial charge in [0, 0.05) is 12.1 Å². The molecule has 2 rings (SSSR count). The largest absolute Gasteiger partial charge is 0.484 e. The third-order valence-electron chi connectivity index (χ3n) is 3.46. The summed E-state index contributed by atoms with van der Waals surface area (Å²) in [5, 5.41) is 22.9. The molecular weight excluding hydrogens is 276 g/mol. The Kier molecular flexibility index (Phi) is 5.10. The predicted octanol–water partition coefficient (Wildman–Crippen LogP) is 1.39. The Morgan fingerprint density at radius 1 is 1.38 bits per heavy atom. The van der Waals surface area contributed by atoms with Gasteiger partial charge in [-0.3, -0.25) is 14.9 Å². The van der Waals surface area contributed by atoms with E-state index >= 15 is 0 Å². The van der Waals surface area contributed by atoms with E-state index in [1.165, 1.54) is 18.2 Å². The van der Waals surface area contributed by atoms with Crippen LogP contribution in [0.15, 0.2) is 24.3 Å². The summed E-state index contributed by atoms with van der Waals surface area (Å²) >= 11 is 0. The number of hydrogen-bond acceptors (Lipinski definition) is 5. The highest BCUT2D eigenvalue weighted by Crippen LogP contribution is 2.20. The van der Waals surface area contributed by atoms with Crippen LogP contribution < -0.4 is 10.1 Å². The molecule has 1 aliphatic carbocycles. The summed E-state index contributed by atoms with van der Waals surface area (Å²) < 4.78 is 5.26. The minimum Gasteiger partial charge on any atom is -0.484 e. The van der Waals surface area contributed by atoms with Crippen molar-refractivity contribution >= 4 is 11.6 Å². The molecule has 1 aromatic carbocycles. The molecule has 1 saturated carbocycles. The normalized spacial score (nSPS) is 21.6. The molecule has 7 heteroatoms. The first-order valence-corrected chi connectivity index (χ1v) is 6.89. The van der Waals surface area contributed by atoms with Crippen molar-refractivity contribution in [1.82, 2.24) is 5.32 Å². The van der Waals surface area contributed by atoms with Crippen molar-refractivity contribution in [2.45, 2.75) is 37.8 Å². The molecule has 0 radical (unpaired) electrons. The molecule has 0 heterocycles. The van der Waals surface area contributed by atoms with Gasteiger partial charge in [0.15, 0.2) is 6.61 Å². The van der Waals surface area contributed by atoms with Crippen LogP contribution in [0.4, 0.5) is 5.69 Å². The third-order valence-corrected chi connectivity index (χ3v) is 3.46. The molecule has 7 nitrogen and oxygen atoms in total. The van der Waals surface area contributed by atoms with Gasteiger partial charge in [-0.05, 0) is 31.7 Å². The van der Waals surface area contributed by atoms with E-state index in [1.54, 1.807) is 6.07 Å². The van der Waals surface area contributed by atoms with E-state index in [9.17, 15) is 20.0 Å². The maximum Gasteiger partial charge on any atom is 0.273 e. The second-order valence-corrected chi connectivity index (χ2v) is 5.12. The highest BCUT2D eigenvalue weighted by Gasteiger charge is 2.20. The fourth-order valence-corrected chi connectivity index (χ4v) is 2.33. The second-order valence-electron chi connectivity index (χ2n) is 5.12. The van der Waals surface area contributed by atoms with Crippen LogP contribution in [0.25, 0.3) is 0 Å². The van der Waals surface area contributed by atoms with Crippen molar-refractivity contribution in [3.8, 4) is 5.75 Å². The van der Waals surface area contributed by atoms with Crippen LogP contribution in [0.2, 0.25) is 0 Å². The fraction of sp³-hybridized carbons (Fsp3) is 0.500. The van der Waals surface area contributed by atoms with Crippen molar-refractivity contribution in [3.63, 3.8) is 0 Å². The van der Waals surface area contributed by atoms with Crippen LogP contribution in [0.5, 0.6) is 5.75 Å². The summed E-state index contributed by atoms with van der Waals surface area (Å²) in [7, 11) is 0. The smallest absolute Gasteiger partial charge is 0.273 e. The molecule has 0 spiro atoms. The van der Waals surface area contributed by atoms with Gasteiger partial charge in [0.2, 0.25) is 0 Å². The Labute approximate surface area is 122 Å². The van der Waals surface area contributed by atoms with Crippen molar-refractivity contribution in [2.75, 3.05) is 6.61 Å². The molecule has 2 N–H and O–H groups in total. The number of ether oxygens (including phenoxy) is 1. The maximum atomic E-state index is 11.8. The number of rotatable bonds is 5. The number of benzene rings is 1. The number of nitro benzene ring substituents is 1. The molecule has 114 valence electrons. The van der Waals surface area contributed by atoms with Crippen LogP contribution in [0.3, 0.4) is 0 Å². The average molecular weight is 294 g/mol. The standard InChI is InChI=1S/C14H18N2O5/c17-12-6-4-10(5-7-12)15-14(18)9-21-13-3-1-2-11(8-13)16(19)20/h1-3,8,10,12,17H,4-7,9H2,(H,15,18). The number of nitro groups is 1. The topological polar surface area (TPSA) is 102 Å². The van der Waals surface area contributed by atoms with E-state index < -0.39 is 4.92 Å². The number of carbonyl (C=O) groups is 1. The molecule has 1 aromatic rings. The van der Waals surface area contributed by atoms with Crippen molar-refractivity contribution in [1.29, 1.82) is 0 Å². The lowest BCUT2D eigenvalue weighted by molar-refractivity contribution is -0.384. The molecule has 1 amide bonds. The Balaban J connectivity index is 1.78. The van der Waals surface area contributed by atoms with Gasteiger partial charge in [0.1, 0.15) is 5.75 Å². The van der Waals surface area contributed by atoms with Gasteiger partial charge in [0.25, 0.3) is 11.6 Å². The van der Waals surface area contributed by atoms with Gasteiger partial charge in [-0.1, -0.05) is 6.07 Å². The minimum atomic E-state index is -0.514. The summed E-state index contributed by atoms with van der Waals surface area (Å²) in [5.74, 6) is 0.0290. The average Bonchev–Trinajstić information content (AvgIpc) is 2.48. The number of nitrogens with zero attached hydrogens (tertiary/aromatic N) is 1. The van der Waals surface area contributed by atoms with Crippen LogP contribution in [0.1, 0.15) is 25.7 Å². The lowest BCUT2D eigenvalue weighted by Crippen LogP contribution is -2.40. The van der Waals surface area contributed by atoms with Crippen LogP contribution in [0, 0.1) is 10.1 Å². The van der Waals surface area contributed by atoms with Crippen LogP contribution in [-0.4, -0.2) is 34.7 Å². The van der Waals surface area contributed by atoms with E-state index in [0.717, 1.165) is 12.8 Å². The number of amides is 1. The van der Waals surface area contributed by atoms with Crippen molar-refractivity contribution in [3.05, 3.63) is 34.4 Å². The van der Waals surface area contributed by atoms with Crippen LogP contribution in [-0.2, 0) is 4.79 Å². The number of aliphatic hydroxyl groups is 1. The van der Waals surface area contributed by atoms with E-state index in [2.05, 4.69) is 5.32 Å². The molecule has 0 bridgehead atoms. The van der Waals surface area contributed by atoms with E-state index in [1.807, 2.05) is 0 Å². The zero-order valence-corrected chi connectivity index (χ0v) is 11.5. The molecule has 0 aliphatic heterocycles. The Morgan fingerprint density at radius 2 is 2.10 bits per heavy atom. The number of aliphatic hydroxyl groups excluding tert-OH is 1. The number of non-ortho nitro benzene ring substituents is 1. The lowest BCUT2D eigenvalue weighted by atomic mass is 9.93. The summed E-state index contributed by atoms with van der Waals surface area (Å²) in [5.41, 5.74) is -0.0748. The number of carbonyl (C=O) groups excluding carboxylic acids is 1. The van der Waals surface area contributed by atoms with Gasteiger partial charge in [-0.25, -0.2) is 0 Å². The highest BCUT2D eigenvalue weighted by atomic mass is 16.6. The molecule has 0 aromatic heterocycles. The molecule has 1 aliphatic rings. The van der Waals surface area contributed by atoms with E-state index in [-0.39, 0.29) is 30.3 Å². The fourth-order valence-electron chi connectivity index (χ4n) is 2.33. The quantitative estimate of drug-likeness (QED) is 0.631. The molecular formula is C14H18N2O5. The number of hydrogen-bond donors (Lipinski definition) is 2. The summed E-state index contributed by atoms with van der Waals surface area (Å²) in [6, 6.07) is 5.78. The minimum absolute atomic E-state index is 0.0645. The zero-order chi connectivity index (χ0) is 15.2. The SMILES string of the molecule is O=C(COc1cccc([N+](=O)[O-])c1)NC1CCC(O)CC1. The maximum absolute atomic E-state index is 11.8. The van der Waals surface area contributed by atoms with Crippen molar-refractivity contribution < 1.29 is 19.6 Å². The number of nitrogens with one attached hydrogen (secondary N) is 1. The first-order chi connectivity index (χ1) is 10.0. The monoisotopic (exact) mass is 294 g/mol. The Bertz CT molecular complexity index is 512. The zero-order valence-electron chi connectivity index (χ0n) is 11.5. The van der Waals surface area contributed by atoms with Crippen molar-refractivity contribution in [2.24, 2.45) is 0 Å². The van der Waals surface area contributed by atoms with Crippen LogP contribution >= 0.6 is 0 Å². The van der Waals surface area contributed by atoms with Gasteiger partial charge in [-0.2, -0.15) is 0 Å². The van der Waals surface area contributed by atoms with Gasteiger partial charge < -0.3 is 15.2 Å². The first kappa shape index (κ1) is 15.2. The van der Waals surface area contributed by atoms with E-state index in [0.29, 0.717) is 18.6 Å². The Morgan fingerprint density at radius 3 is 2.76 bits per heavy atom. The molecule has 1 fully saturated rings. The molecule has 0 saturated heterocycles. The second kappa shape index (κ2) is 7.03. The lowest BCUT2D eigenvalue weighted by Gasteiger charge is -2.26.